The minimum absolute atomic E-state index is 0.342. The van der Waals surface area contributed by atoms with Crippen LogP contribution in [-0.4, -0.2) is 26.2 Å². The Kier molecular flexibility index (Phi) is 4.67. The minimum Gasteiger partial charge on any atom is -0.480 e. The molecule has 1 aromatic carbocycles. The van der Waals surface area contributed by atoms with E-state index >= 15 is 0 Å². The summed E-state index contributed by atoms with van der Waals surface area (Å²) in [6, 6.07) is 4.40. The average Bonchev–Trinajstić information content (AvgIpc) is 2.83. The van der Waals surface area contributed by atoms with Crippen molar-refractivity contribution in [2.75, 3.05) is 31.4 Å². The monoisotopic (exact) mass is 315 g/mol. The van der Waals surface area contributed by atoms with Gasteiger partial charge >= 0.3 is 0 Å². The van der Waals surface area contributed by atoms with E-state index in [1.165, 1.54) is 23.5 Å². The summed E-state index contributed by atoms with van der Waals surface area (Å²) in [5.74, 6) is 0.208. The molecule has 0 saturated heterocycles. The molecule has 0 aliphatic rings. The highest BCUT2D eigenvalue weighted by Crippen LogP contribution is 2.31. The quantitative estimate of drug-likeness (QED) is 0.914. The maximum atomic E-state index is 13.6. The van der Waals surface area contributed by atoms with Crippen LogP contribution in [0.5, 0.6) is 5.88 Å². The molecule has 0 atom stereocenters. The van der Waals surface area contributed by atoms with Gasteiger partial charge in [-0.1, -0.05) is 22.9 Å². The topological polar surface area (TPSA) is 37.4 Å². The molecule has 1 aromatic heterocycles. The standard InChI is InChI=1S/C13H15ClFN3OS/c1-18(2)13-17-12(19-3)11(20-13)7-16-10-6-8(14)4-5-9(10)15/h4-6,16H,7H2,1-3H3. The van der Waals surface area contributed by atoms with Gasteiger partial charge in [-0.3, -0.25) is 0 Å². The van der Waals surface area contributed by atoms with Crippen molar-refractivity contribution in [1.82, 2.24) is 4.98 Å². The first-order valence-electron chi connectivity index (χ1n) is 5.91. The Bertz CT molecular complexity index is 603. The number of nitrogens with one attached hydrogen (secondary N) is 1. The van der Waals surface area contributed by atoms with Crippen LogP contribution in [0.3, 0.4) is 0 Å². The largest absolute Gasteiger partial charge is 0.480 e. The zero-order chi connectivity index (χ0) is 14.7. The Hall–Kier alpha value is -1.53. The van der Waals surface area contributed by atoms with Crippen molar-refractivity contribution in [3.8, 4) is 5.88 Å². The molecule has 20 heavy (non-hydrogen) atoms. The van der Waals surface area contributed by atoms with E-state index < -0.39 is 0 Å². The molecule has 2 rings (SSSR count). The zero-order valence-electron chi connectivity index (χ0n) is 11.4. The van der Waals surface area contributed by atoms with Crippen molar-refractivity contribution in [2.45, 2.75) is 6.54 Å². The first-order valence-corrected chi connectivity index (χ1v) is 7.10. The molecule has 4 nitrogen and oxygen atoms in total. The Morgan fingerprint density at radius 1 is 1.45 bits per heavy atom. The van der Waals surface area contributed by atoms with Crippen molar-refractivity contribution in [3.05, 3.63) is 33.9 Å². The first-order chi connectivity index (χ1) is 9.51. The molecular formula is C13H15ClFN3OS. The molecular weight excluding hydrogens is 301 g/mol. The molecule has 1 heterocycles. The minimum atomic E-state index is -0.342. The van der Waals surface area contributed by atoms with Gasteiger partial charge in [0.15, 0.2) is 5.13 Å². The number of ether oxygens (including phenoxy) is 1. The van der Waals surface area contributed by atoms with Crippen LogP contribution < -0.4 is 15.0 Å². The molecule has 0 unspecified atom stereocenters. The lowest BCUT2D eigenvalue weighted by Gasteiger charge is -2.07. The maximum absolute atomic E-state index is 13.6. The Labute approximate surface area is 126 Å². The van der Waals surface area contributed by atoms with E-state index in [1.54, 1.807) is 13.2 Å². The second-order valence-corrected chi connectivity index (χ2v) is 5.80. The molecule has 0 spiro atoms. The van der Waals surface area contributed by atoms with E-state index in [0.29, 0.717) is 23.1 Å². The summed E-state index contributed by atoms with van der Waals surface area (Å²) < 4.78 is 18.8. The third-order valence-corrected chi connectivity index (χ3v) is 4.03. The first kappa shape index (κ1) is 14.9. The molecule has 1 N–H and O–H groups in total. The Morgan fingerprint density at radius 2 is 2.20 bits per heavy atom. The van der Waals surface area contributed by atoms with Crippen molar-refractivity contribution in [2.24, 2.45) is 0 Å². The molecule has 0 saturated carbocycles. The maximum Gasteiger partial charge on any atom is 0.231 e. The van der Waals surface area contributed by atoms with Gasteiger partial charge in [0.2, 0.25) is 5.88 Å². The highest BCUT2D eigenvalue weighted by atomic mass is 35.5. The van der Waals surface area contributed by atoms with Gasteiger partial charge in [0, 0.05) is 19.1 Å². The molecule has 0 aliphatic heterocycles. The fourth-order valence-corrected chi connectivity index (χ4v) is 2.66. The highest BCUT2D eigenvalue weighted by molar-refractivity contribution is 7.15. The second-order valence-electron chi connectivity index (χ2n) is 4.30. The van der Waals surface area contributed by atoms with Gasteiger partial charge in [0.05, 0.1) is 24.2 Å². The van der Waals surface area contributed by atoms with Crippen LogP contribution in [0.4, 0.5) is 15.2 Å². The summed E-state index contributed by atoms with van der Waals surface area (Å²) in [7, 11) is 5.39. The fourth-order valence-electron chi connectivity index (χ4n) is 1.60. The van der Waals surface area contributed by atoms with E-state index in [1.807, 2.05) is 19.0 Å². The van der Waals surface area contributed by atoms with E-state index in [9.17, 15) is 4.39 Å². The third kappa shape index (κ3) is 3.32. The summed E-state index contributed by atoms with van der Waals surface area (Å²) in [5, 5.41) is 4.33. The van der Waals surface area contributed by atoms with Crippen LogP contribution in [0.1, 0.15) is 4.88 Å². The molecule has 0 aliphatic carbocycles. The van der Waals surface area contributed by atoms with Crippen LogP contribution in [0.25, 0.3) is 0 Å². The summed E-state index contributed by atoms with van der Waals surface area (Å²) in [6.07, 6.45) is 0. The molecule has 0 bridgehead atoms. The molecule has 2 aromatic rings. The Morgan fingerprint density at radius 3 is 2.85 bits per heavy atom. The Balaban J connectivity index is 2.16. The summed E-state index contributed by atoms with van der Waals surface area (Å²) in [4.78, 5) is 7.14. The van der Waals surface area contributed by atoms with Gasteiger partial charge in [-0.05, 0) is 18.2 Å². The number of nitrogens with zero attached hydrogens (tertiary/aromatic N) is 2. The number of thiazole rings is 1. The van der Waals surface area contributed by atoms with E-state index in [2.05, 4.69) is 10.3 Å². The lowest BCUT2D eigenvalue weighted by atomic mass is 10.3. The van der Waals surface area contributed by atoms with Gasteiger partial charge in [0.25, 0.3) is 0 Å². The predicted molar refractivity (Wildman–Crippen MR) is 81.7 cm³/mol. The summed E-state index contributed by atoms with van der Waals surface area (Å²) in [5.41, 5.74) is 0.361. The van der Waals surface area contributed by atoms with E-state index in [-0.39, 0.29) is 5.82 Å². The average molecular weight is 316 g/mol. The molecule has 7 heteroatoms. The smallest absolute Gasteiger partial charge is 0.231 e. The van der Waals surface area contributed by atoms with Gasteiger partial charge in [-0.15, -0.1) is 0 Å². The number of methoxy groups -OCH3 is 1. The third-order valence-electron chi connectivity index (χ3n) is 2.59. The predicted octanol–water partition coefficient (Wildman–Crippen LogP) is 3.62. The number of hydrogen-bond donors (Lipinski definition) is 1. The SMILES string of the molecule is COc1nc(N(C)C)sc1CNc1cc(Cl)ccc1F. The number of hydrogen-bond acceptors (Lipinski definition) is 5. The fraction of sp³-hybridized carbons (Fsp3) is 0.308. The van der Waals surface area contributed by atoms with Gasteiger partial charge in [-0.2, -0.15) is 4.98 Å². The van der Waals surface area contributed by atoms with E-state index in [0.717, 1.165) is 10.0 Å². The molecule has 108 valence electrons. The van der Waals surface area contributed by atoms with E-state index in [4.69, 9.17) is 16.3 Å². The number of anilines is 2. The lowest BCUT2D eigenvalue weighted by Crippen LogP contribution is -2.07. The summed E-state index contributed by atoms with van der Waals surface area (Å²) in [6.45, 7) is 0.423. The molecule has 0 radical (unpaired) electrons. The van der Waals surface area contributed by atoms with Crippen LogP contribution in [0, 0.1) is 5.82 Å². The number of aromatic nitrogens is 1. The highest BCUT2D eigenvalue weighted by Gasteiger charge is 2.13. The van der Waals surface area contributed by atoms with Crippen LogP contribution >= 0.6 is 22.9 Å². The van der Waals surface area contributed by atoms with Crippen molar-refractivity contribution >= 4 is 33.8 Å². The lowest BCUT2D eigenvalue weighted by molar-refractivity contribution is 0.397. The zero-order valence-corrected chi connectivity index (χ0v) is 13.0. The van der Waals surface area contributed by atoms with Crippen LogP contribution in [-0.2, 0) is 6.54 Å². The molecule has 0 amide bonds. The number of halogens is 2. The second kappa shape index (κ2) is 6.28. The van der Waals surface area contributed by atoms with Crippen LogP contribution in [0.2, 0.25) is 5.02 Å². The number of benzene rings is 1. The van der Waals surface area contributed by atoms with Crippen molar-refractivity contribution < 1.29 is 9.13 Å². The summed E-state index contributed by atoms with van der Waals surface area (Å²) >= 11 is 7.35. The number of rotatable bonds is 5. The van der Waals surface area contributed by atoms with Crippen molar-refractivity contribution in [3.63, 3.8) is 0 Å². The normalized spacial score (nSPS) is 10.4. The van der Waals surface area contributed by atoms with Gasteiger partial charge in [-0.25, -0.2) is 4.39 Å². The molecule has 0 fully saturated rings. The van der Waals surface area contributed by atoms with Gasteiger partial charge < -0.3 is 15.0 Å². The van der Waals surface area contributed by atoms with Crippen LogP contribution in [0.15, 0.2) is 18.2 Å². The van der Waals surface area contributed by atoms with Gasteiger partial charge in [0.1, 0.15) is 5.82 Å². The van der Waals surface area contributed by atoms with Crippen molar-refractivity contribution in [1.29, 1.82) is 0 Å².